The lowest BCUT2D eigenvalue weighted by Gasteiger charge is -2.22. The van der Waals surface area contributed by atoms with Crippen molar-refractivity contribution < 1.29 is 14.6 Å². The molecule has 0 aliphatic rings. The second-order valence-corrected chi connectivity index (χ2v) is 6.24. The molecule has 22 heavy (non-hydrogen) atoms. The molecule has 0 heterocycles. The summed E-state index contributed by atoms with van der Waals surface area (Å²) < 4.78 is 0. The Hall–Kier alpha value is -2.31. The number of ketones is 1. The molecule has 0 N–H and O–H groups in total. The minimum absolute atomic E-state index is 0.0603. The first kappa shape index (κ1) is 17.7. The van der Waals surface area contributed by atoms with Crippen LogP contribution >= 0.6 is 0 Å². The molecule has 0 amide bonds. The molecule has 0 fully saturated rings. The number of carbonyl (C=O) groups excluding carboxylic acids is 1. The van der Waals surface area contributed by atoms with E-state index in [4.69, 9.17) is 0 Å². The van der Waals surface area contributed by atoms with Crippen molar-refractivity contribution in [2.45, 2.75) is 53.4 Å². The Kier molecular flexibility index (Phi) is 4.70. The van der Waals surface area contributed by atoms with E-state index in [1.54, 1.807) is 27.7 Å². The summed E-state index contributed by atoms with van der Waals surface area (Å²) in [5.41, 5.74) is -0.911. The molecular weight excluding hydrogens is 288 g/mol. The molecule has 0 saturated carbocycles. The summed E-state index contributed by atoms with van der Waals surface area (Å²) in [4.78, 5) is 33.9. The standard InChI is InChI=1S/C15H20N2O5/c1-7-10(18)11-8(2)13(16(19)20)12(15(4,5)6)14(9(11)3)17(21)22/h7H2,1-6H3. The van der Waals surface area contributed by atoms with Crippen molar-refractivity contribution in [2.24, 2.45) is 0 Å². The number of nitro benzene ring substituents is 2. The van der Waals surface area contributed by atoms with Gasteiger partial charge in [0.2, 0.25) is 0 Å². The summed E-state index contributed by atoms with van der Waals surface area (Å²) in [7, 11) is 0. The molecule has 120 valence electrons. The number of nitrogens with zero attached hydrogens (tertiary/aromatic N) is 2. The van der Waals surface area contributed by atoms with Gasteiger partial charge in [-0.1, -0.05) is 27.7 Å². The van der Waals surface area contributed by atoms with Crippen LogP contribution in [0.2, 0.25) is 0 Å². The lowest BCUT2D eigenvalue weighted by atomic mass is 9.79. The van der Waals surface area contributed by atoms with Crippen molar-refractivity contribution in [1.29, 1.82) is 0 Å². The number of nitro groups is 2. The Morgan fingerprint density at radius 1 is 1.00 bits per heavy atom. The fourth-order valence-electron chi connectivity index (χ4n) is 2.77. The zero-order valence-electron chi connectivity index (χ0n) is 13.6. The number of rotatable bonds is 4. The third-order valence-corrected chi connectivity index (χ3v) is 3.65. The summed E-state index contributed by atoms with van der Waals surface area (Å²) in [5, 5.41) is 23.0. The summed E-state index contributed by atoms with van der Waals surface area (Å²) >= 11 is 0. The van der Waals surface area contributed by atoms with Gasteiger partial charge in [-0.25, -0.2) is 0 Å². The van der Waals surface area contributed by atoms with Crippen LogP contribution in [0, 0.1) is 34.1 Å². The molecular formula is C15H20N2O5. The minimum atomic E-state index is -0.798. The largest absolute Gasteiger partial charge is 0.294 e. The SMILES string of the molecule is CCC(=O)c1c(C)c([N+](=O)[O-])c(C(C)(C)C)c([N+](=O)[O-])c1C. The van der Waals surface area contributed by atoms with Gasteiger partial charge in [0, 0.05) is 28.5 Å². The van der Waals surface area contributed by atoms with Crippen LogP contribution in [-0.2, 0) is 5.41 Å². The number of carbonyl (C=O) groups is 1. The molecule has 1 aromatic rings. The van der Waals surface area contributed by atoms with Gasteiger partial charge in [0.15, 0.2) is 5.78 Å². The molecule has 7 nitrogen and oxygen atoms in total. The van der Waals surface area contributed by atoms with Gasteiger partial charge in [-0.05, 0) is 13.8 Å². The first-order valence-electron chi connectivity index (χ1n) is 6.94. The van der Waals surface area contributed by atoms with Crippen LogP contribution in [0.5, 0.6) is 0 Å². The van der Waals surface area contributed by atoms with E-state index in [1.165, 1.54) is 13.8 Å². The normalized spacial score (nSPS) is 11.4. The monoisotopic (exact) mass is 308 g/mol. The van der Waals surface area contributed by atoms with Gasteiger partial charge in [-0.3, -0.25) is 25.0 Å². The van der Waals surface area contributed by atoms with Gasteiger partial charge < -0.3 is 0 Å². The topological polar surface area (TPSA) is 103 Å². The van der Waals surface area contributed by atoms with E-state index in [0.29, 0.717) is 0 Å². The molecule has 0 atom stereocenters. The molecule has 0 bridgehead atoms. The van der Waals surface area contributed by atoms with Crippen LogP contribution in [-0.4, -0.2) is 15.6 Å². The first-order chi connectivity index (χ1) is 9.95. The second kappa shape index (κ2) is 5.82. The van der Waals surface area contributed by atoms with E-state index in [9.17, 15) is 25.0 Å². The molecule has 0 saturated heterocycles. The molecule has 0 aliphatic heterocycles. The maximum atomic E-state index is 12.1. The first-order valence-corrected chi connectivity index (χ1v) is 6.94. The predicted molar refractivity (Wildman–Crippen MR) is 82.5 cm³/mol. The summed E-state index contributed by atoms with van der Waals surface area (Å²) in [6.45, 7) is 9.63. The van der Waals surface area contributed by atoms with E-state index in [0.717, 1.165) is 0 Å². The maximum absolute atomic E-state index is 12.1. The van der Waals surface area contributed by atoms with E-state index < -0.39 is 15.3 Å². The Morgan fingerprint density at radius 3 is 1.59 bits per heavy atom. The van der Waals surface area contributed by atoms with Crippen molar-refractivity contribution in [2.75, 3.05) is 0 Å². The van der Waals surface area contributed by atoms with Crippen molar-refractivity contribution in [3.8, 4) is 0 Å². The fraction of sp³-hybridized carbons (Fsp3) is 0.533. The average Bonchev–Trinajstić information content (AvgIpc) is 2.35. The van der Waals surface area contributed by atoms with E-state index in [-0.39, 0.29) is 45.8 Å². The zero-order chi connectivity index (χ0) is 17.4. The van der Waals surface area contributed by atoms with Crippen molar-refractivity contribution in [1.82, 2.24) is 0 Å². The van der Waals surface area contributed by atoms with Gasteiger partial charge in [0.1, 0.15) is 5.56 Å². The molecule has 0 aromatic heterocycles. The fourth-order valence-corrected chi connectivity index (χ4v) is 2.77. The number of hydrogen-bond donors (Lipinski definition) is 0. The summed E-state index contributed by atoms with van der Waals surface area (Å²) in [6.07, 6.45) is 0.130. The Morgan fingerprint density at radius 2 is 1.36 bits per heavy atom. The lowest BCUT2D eigenvalue weighted by molar-refractivity contribution is -0.397. The molecule has 0 unspecified atom stereocenters. The lowest BCUT2D eigenvalue weighted by Crippen LogP contribution is -2.20. The molecule has 1 aromatic carbocycles. The van der Waals surface area contributed by atoms with E-state index in [1.807, 2.05) is 0 Å². The summed E-state index contributed by atoms with van der Waals surface area (Å²) in [5.74, 6) is -0.332. The van der Waals surface area contributed by atoms with Gasteiger partial charge >= 0.3 is 0 Å². The Bertz CT molecular complexity index is 630. The molecule has 0 radical (unpaired) electrons. The minimum Gasteiger partial charge on any atom is -0.294 e. The third-order valence-electron chi connectivity index (χ3n) is 3.65. The zero-order valence-corrected chi connectivity index (χ0v) is 13.6. The van der Waals surface area contributed by atoms with Gasteiger partial charge in [0.25, 0.3) is 11.4 Å². The molecule has 7 heteroatoms. The van der Waals surface area contributed by atoms with Crippen LogP contribution in [0.15, 0.2) is 0 Å². The van der Waals surface area contributed by atoms with Crippen LogP contribution < -0.4 is 0 Å². The maximum Gasteiger partial charge on any atom is 0.283 e. The summed E-state index contributed by atoms with van der Waals surface area (Å²) in [6, 6.07) is 0. The predicted octanol–water partition coefficient (Wildman–Crippen LogP) is 4.01. The highest BCUT2D eigenvalue weighted by molar-refractivity contribution is 6.01. The highest BCUT2D eigenvalue weighted by Crippen LogP contribution is 2.44. The van der Waals surface area contributed by atoms with E-state index in [2.05, 4.69) is 0 Å². The van der Waals surface area contributed by atoms with Crippen LogP contribution in [0.3, 0.4) is 0 Å². The van der Waals surface area contributed by atoms with Crippen molar-refractivity contribution in [3.63, 3.8) is 0 Å². The molecule has 0 spiro atoms. The number of Topliss-reactive ketones (excluding diaryl/α,β-unsaturated/α-hetero) is 1. The van der Waals surface area contributed by atoms with Crippen molar-refractivity contribution >= 4 is 17.2 Å². The van der Waals surface area contributed by atoms with Gasteiger partial charge in [-0.2, -0.15) is 0 Å². The molecule has 0 aliphatic carbocycles. The van der Waals surface area contributed by atoms with Crippen molar-refractivity contribution in [3.05, 3.63) is 42.5 Å². The Labute approximate surface area is 128 Å². The third kappa shape index (κ3) is 2.84. The molecule has 1 rings (SSSR count). The number of benzene rings is 1. The highest BCUT2D eigenvalue weighted by atomic mass is 16.6. The van der Waals surface area contributed by atoms with Gasteiger partial charge in [0.05, 0.1) is 9.85 Å². The Balaban J connectivity index is 4.14. The number of hydrogen-bond acceptors (Lipinski definition) is 5. The smallest absolute Gasteiger partial charge is 0.283 e. The van der Waals surface area contributed by atoms with E-state index >= 15 is 0 Å². The van der Waals surface area contributed by atoms with Crippen LogP contribution in [0.25, 0.3) is 0 Å². The van der Waals surface area contributed by atoms with Gasteiger partial charge in [-0.15, -0.1) is 0 Å². The second-order valence-electron chi connectivity index (χ2n) is 6.24. The average molecular weight is 308 g/mol. The highest BCUT2D eigenvalue weighted by Gasteiger charge is 2.40. The quantitative estimate of drug-likeness (QED) is 0.475. The van der Waals surface area contributed by atoms with Crippen LogP contribution in [0.1, 0.15) is 61.2 Å². The van der Waals surface area contributed by atoms with Crippen LogP contribution in [0.4, 0.5) is 11.4 Å².